The maximum atomic E-state index is 11.7. The van der Waals surface area contributed by atoms with Crippen LogP contribution in [0, 0.1) is 0 Å². The highest BCUT2D eigenvalue weighted by Gasteiger charge is 2.27. The lowest BCUT2D eigenvalue weighted by molar-refractivity contribution is -0.135. The van der Waals surface area contributed by atoms with E-state index in [4.69, 9.17) is 0 Å². The van der Waals surface area contributed by atoms with Gasteiger partial charge in [-0.25, -0.2) is 0 Å². The number of carbonyl (C=O) groups is 1. The molecule has 1 atom stereocenters. The summed E-state index contributed by atoms with van der Waals surface area (Å²) in [5.41, 5.74) is 0.180. The van der Waals surface area contributed by atoms with Crippen LogP contribution in [0.4, 0.5) is 0 Å². The average molecular weight is 228 g/mol. The van der Waals surface area contributed by atoms with E-state index in [1.165, 1.54) is 0 Å². The van der Waals surface area contributed by atoms with Gasteiger partial charge in [-0.2, -0.15) is 0 Å². The Balaban J connectivity index is 2.40. The zero-order valence-corrected chi connectivity index (χ0v) is 10.9. The van der Waals surface area contributed by atoms with Gasteiger partial charge in [0.1, 0.15) is 0 Å². The van der Waals surface area contributed by atoms with Crippen LogP contribution in [0.3, 0.4) is 0 Å². The lowest BCUT2D eigenvalue weighted by Gasteiger charge is -2.42. The Morgan fingerprint density at radius 1 is 1.25 bits per heavy atom. The summed E-state index contributed by atoms with van der Waals surface area (Å²) in [6.07, 6.45) is -0.289. The highest BCUT2D eigenvalue weighted by molar-refractivity contribution is 5.76. The van der Waals surface area contributed by atoms with Gasteiger partial charge >= 0.3 is 0 Å². The van der Waals surface area contributed by atoms with Crippen molar-refractivity contribution in [3.8, 4) is 0 Å². The van der Waals surface area contributed by atoms with Crippen LogP contribution in [-0.4, -0.2) is 58.6 Å². The Kier molecular flexibility index (Phi) is 4.33. The SMILES string of the molecule is CC(O)CC(=O)N1CCN(C(C)(C)C)CC1. The topological polar surface area (TPSA) is 43.8 Å². The van der Waals surface area contributed by atoms with Crippen molar-refractivity contribution in [1.82, 2.24) is 9.80 Å². The molecule has 94 valence electrons. The first-order valence-electron chi connectivity index (χ1n) is 6.01. The summed E-state index contributed by atoms with van der Waals surface area (Å²) in [6.45, 7) is 11.7. The second kappa shape index (κ2) is 5.15. The molecule has 1 saturated heterocycles. The fourth-order valence-electron chi connectivity index (χ4n) is 2.01. The molecule has 1 fully saturated rings. The molecule has 0 aliphatic carbocycles. The Hall–Kier alpha value is -0.610. The number of hydrogen-bond donors (Lipinski definition) is 1. The van der Waals surface area contributed by atoms with E-state index in [0.717, 1.165) is 26.2 Å². The van der Waals surface area contributed by atoms with Gasteiger partial charge in [0, 0.05) is 31.7 Å². The third kappa shape index (κ3) is 3.76. The molecule has 1 aliphatic rings. The molecule has 4 heteroatoms. The number of hydrogen-bond acceptors (Lipinski definition) is 3. The van der Waals surface area contributed by atoms with Crippen molar-refractivity contribution in [1.29, 1.82) is 0 Å². The Morgan fingerprint density at radius 2 is 1.75 bits per heavy atom. The molecule has 0 aromatic rings. The first kappa shape index (κ1) is 13.5. The van der Waals surface area contributed by atoms with E-state index in [9.17, 15) is 9.90 Å². The molecule has 1 rings (SSSR count). The molecule has 0 saturated carbocycles. The maximum Gasteiger partial charge on any atom is 0.225 e. The minimum absolute atomic E-state index is 0.0727. The zero-order chi connectivity index (χ0) is 12.3. The lowest BCUT2D eigenvalue weighted by atomic mass is 10.0. The maximum absolute atomic E-state index is 11.7. The van der Waals surface area contributed by atoms with Crippen molar-refractivity contribution >= 4 is 5.91 Å². The van der Waals surface area contributed by atoms with Crippen LogP contribution >= 0.6 is 0 Å². The van der Waals surface area contributed by atoms with Crippen molar-refractivity contribution in [2.24, 2.45) is 0 Å². The summed E-state index contributed by atoms with van der Waals surface area (Å²) in [4.78, 5) is 16.0. The molecule has 4 nitrogen and oxygen atoms in total. The second-order valence-electron chi connectivity index (χ2n) is 5.59. The summed E-state index contributed by atoms with van der Waals surface area (Å²) >= 11 is 0. The minimum Gasteiger partial charge on any atom is -0.393 e. The average Bonchev–Trinajstić information content (AvgIpc) is 2.15. The number of piperazine rings is 1. The third-order valence-corrected chi connectivity index (χ3v) is 3.05. The molecule has 0 spiro atoms. The zero-order valence-electron chi connectivity index (χ0n) is 10.9. The van der Waals surface area contributed by atoms with E-state index in [1.807, 2.05) is 4.90 Å². The number of amides is 1. The third-order valence-electron chi connectivity index (χ3n) is 3.05. The predicted octanol–water partition coefficient (Wildman–Crippen LogP) is 0.700. The number of rotatable bonds is 2. The molecule has 0 aromatic carbocycles. The molecule has 1 N–H and O–H groups in total. The van der Waals surface area contributed by atoms with Gasteiger partial charge in [0.2, 0.25) is 5.91 Å². The number of nitrogens with zero attached hydrogens (tertiary/aromatic N) is 2. The fraction of sp³-hybridized carbons (Fsp3) is 0.917. The van der Waals surface area contributed by atoms with Crippen LogP contribution in [0.15, 0.2) is 0 Å². The lowest BCUT2D eigenvalue weighted by Crippen LogP contribution is -2.54. The molecule has 0 bridgehead atoms. The van der Waals surface area contributed by atoms with Gasteiger partial charge in [0.25, 0.3) is 0 Å². The van der Waals surface area contributed by atoms with Crippen molar-refractivity contribution in [3.05, 3.63) is 0 Å². The molecule has 16 heavy (non-hydrogen) atoms. The van der Waals surface area contributed by atoms with Gasteiger partial charge in [-0.3, -0.25) is 9.69 Å². The first-order chi connectivity index (χ1) is 7.30. The first-order valence-corrected chi connectivity index (χ1v) is 6.01. The van der Waals surface area contributed by atoms with Crippen LogP contribution in [0.25, 0.3) is 0 Å². The van der Waals surface area contributed by atoms with Gasteiger partial charge in [-0.15, -0.1) is 0 Å². The van der Waals surface area contributed by atoms with Gasteiger partial charge in [0.15, 0.2) is 0 Å². The normalized spacial score (nSPS) is 20.9. The van der Waals surface area contributed by atoms with Gasteiger partial charge in [-0.05, 0) is 27.7 Å². The molecular weight excluding hydrogens is 204 g/mol. The molecule has 0 radical (unpaired) electrons. The number of carbonyl (C=O) groups excluding carboxylic acids is 1. The van der Waals surface area contributed by atoms with E-state index >= 15 is 0 Å². The summed E-state index contributed by atoms with van der Waals surface area (Å²) in [5, 5.41) is 9.18. The number of aliphatic hydroxyl groups excluding tert-OH is 1. The van der Waals surface area contributed by atoms with E-state index in [0.29, 0.717) is 0 Å². The summed E-state index contributed by atoms with van der Waals surface area (Å²) in [7, 11) is 0. The fourth-order valence-corrected chi connectivity index (χ4v) is 2.01. The molecular formula is C12H24N2O2. The van der Waals surface area contributed by atoms with Gasteiger partial charge in [0.05, 0.1) is 12.5 Å². The monoisotopic (exact) mass is 228 g/mol. The van der Waals surface area contributed by atoms with Crippen molar-refractivity contribution in [2.45, 2.75) is 45.8 Å². The largest absolute Gasteiger partial charge is 0.393 e. The predicted molar refractivity (Wildman–Crippen MR) is 64.2 cm³/mol. The van der Waals surface area contributed by atoms with Crippen LogP contribution < -0.4 is 0 Å². The summed E-state index contributed by atoms with van der Waals surface area (Å²) < 4.78 is 0. The molecule has 1 heterocycles. The summed E-state index contributed by atoms with van der Waals surface area (Å²) in [5.74, 6) is 0.0727. The number of aliphatic hydroxyl groups is 1. The van der Waals surface area contributed by atoms with Crippen LogP contribution in [0.2, 0.25) is 0 Å². The van der Waals surface area contributed by atoms with E-state index in [1.54, 1.807) is 6.92 Å². The molecule has 1 amide bonds. The van der Waals surface area contributed by atoms with Crippen molar-refractivity contribution < 1.29 is 9.90 Å². The van der Waals surface area contributed by atoms with Crippen LogP contribution in [0.5, 0.6) is 0 Å². The highest BCUT2D eigenvalue weighted by Crippen LogP contribution is 2.16. The standard InChI is InChI=1S/C12H24N2O2/c1-10(15)9-11(16)13-5-7-14(8-6-13)12(2,3)4/h10,15H,5-9H2,1-4H3. The van der Waals surface area contributed by atoms with Gasteiger partial charge in [-0.1, -0.05) is 0 Å². The molecule has 1 unspecified atom stereocenters. The van der Waals surface area contributed by atoms with E-state index in [-0.39, 0.29) is 17.9 Å². The Labute approximate surface area is 98.2 Å². The highest BCUT2D eigenvalue weighted by atomic mass is 16.3. The smallest absolute Gasteiger partial charge is 0.225 e. The molecule has 1 aliphatic heterocycles. The van der Waals surface area contributed by atoms with E-state index in [2.05, 4.69) is 25.7 Å². The van der Waals surface area contributed by atoms with Crippen molar-refractivity contribution in [3.63, 3.8) is 0 Å². The Morgan fingerprint density at radius 3 is 2.12 bits per heavy atom. The van der Waals surface area contributed by atoms with Gasteiger partial charge < -0.3 is 10.0 Å². The van der Waals surface area contributed by atoms with Crippen molar-refractivity contribution in [2.75, 3.05) is 26.2 Å². The van der Waals surface area contributed by atoms with Crippen LogP contribution in [0.1, 0.15) is 34.1 Å². The summed E-state index contributed by atoms with van der Waals surface area (Å²) in [6, 6.07) is 0. The quantitative estimate of drug-likeness (QED) is 0.756. The van der Waals surface area contributed by atoms with E-state index < -0.39 is 6.10 Å². The Bertz CT molecular complexity index is 238. The molecule has 0 aromatic heterocycles. The minimum atomic E-state index is -0.534. The van der Waals surface area contributed by atoms with Crippen LogP contribution in [-0.2, 0) is 4.79 Å². The second-order valence-corrected chi connectivity index (χ2v) is 5.59.